The van der Waals surface area contributed by atoms with Gasteiger partial charge in [-0.15, -0.1) is 11.3 Å². The Balaban J connectivity index is 2.42. The maximum absolute atomic E-state index is 5.36. The number of fused-ring (bicyclic) bond motifs is 1. The van der Waals surface area contributed by atoms with E-state index in [0.717, 1.165) is 18.8 Å². The highest BCUT2D eigenvalue weighted by molar-refractivity contribution is 7.19. The topological polar surface area (TPSA) is 21.3 Å². The van der Waals surface area contributed by atoms with E-state index in [2.05, 4.69) is 58.1 Å². The molecule has 1 aromatic heterocycles. The fourth-order valence-corrected chi connectivity index (χ4v) is 4.09. The summed E-state index contributed by atoms with van der Waals surface area (Å²) in [5.41, 5.74) is 1.63. The standard InChI is InChI=1S/C18H27NOS/c1-12(2)10-19-11-16-17(18(3,4)5)14-8-7-13(20-6)9-15(14)21-16/h7-9,12,19H,10-11H2,1-6H3. The van der Waals surface area contributed by atoms with Crippen molar-refractivity contribution in [2.75, 3.05) is 13.7 Å². The minimum absolute atomic E-state index is 0.154. The van der Waals surface area contributed by atoms with E-state index in [1.165, 1.54) is 20.5 Å². The molecule has 1 N–H and O–H groups in total. The Morgan fingerprint density at radius 1 is 1.24 bits per heavy atom. The normalized spacial score (nSPS) is 12.3. The molecule has 0 aliphatic heterocycles. The van der Waals surface area contributed by atoms with E-state index in [1.54, 1.807) is 7.11 Å². The van der Waals surface area contributed by atoms with Crippen LogP contribution in [0.25, 0.3) is 10.1 Å². The number of ether oxygens (including phenoxy) is 1. The highest BCUT2D eigenvalue weighted by Gasteiger charge is 2.23. The maximum atomic E-state index is 5.36. The second kappa shape index (κ2) is 6.37. The molecule has 2 rings (SSSR count). The van der Waals surface area contributed by atoms with Crippen LogP contribution >= 0.6 is 11.3 Å². The molecule has 3 heteroatoms. The van der Waals surface area contributed by atoms with E-state index in [1.807, 2.05) is 11.3 Å². The van der Waals surface area contributed by atoms with Crippen molar-refractivity contribution < 1.29 is 4.74 Å². The van der Waals surface area contributed by atoms with Gasteiger partial charge in [0.2, 0.25) is 0 Å². The van der Waals surface area contributed by atoms with Crippen molar-refractivity contribution >= 4 is 21.4 Å². The average molecular weight is 305 g/mol. The first kappa shape index (κ1) is 16.3. The van der Waals surface area contributed by atoms with E-state index in [4.69, 9.17) is 4.74 Å². The molecule has 21 heavy (non-hydrogen) atoms. The molecule has 2 nitrogen and oxygen atoms in total. The summed E-state index contributed by atoms with van der Waals surface area (Å²) in [6.45, 7) is 13.4. The first-order valence-electron chi connectivity index (χ1n) is 7.63. The summed E-state index contributed by atoms with van der Waals surface area (Å²) in [6.07, 6.45) is 0. The van der Waals surface area contributed by atoms with Gasteiger partial charge in [-0.25, -0.2) is 0 Å². The van der Waals surface area contributed by atoms with Crippen LogP contribution in [0.4, 0.5) is 0 Å². The number of rotatable bonds is 5. The van der Waals surface area contributed by atoms with Crippen LogP contribution in [0.1, 0.15) is 45.1 Å². The number of benzene rings is 1. The van der Waals surface area contributed by atoms with Crippen molar-refractivity contribution in [1.29, 1.82) is 0 Å². The highest BCUT2D eigenvalue weighted by Crippen LogP contribution is 2.40. The molecule has 0 amide bonds. The van der Waals surface area contributed by atoms with Crippen LogP contribution in [0, 0.1) is 5.92 Å². The Hall–Kier alpha value is -1.06. The van der Waals surface area contributed by atoms with Crippen LogP contribution in [-0.2, 0) is 12.0 Å². The Morgan fingerprint density at radius 2 is 1.95 bits per heavy atom. The predicted octanol–water partition coefficient (Wildman–Crippen LogP) is 4.95. The van der Waals surface area contributed by atoms with Crippen LogP contribution in [0.3, 0.4) is 0 Å². The largest absolute Gasteiger partial charge is 0.497 e. The monoisotopic (exact) mass is 305 g/mol. The fraction of sp³-hybridized carbons (Fsp3) is 0.556. The van der Waals surface area contributed by atoms with Crippen molar-refractivity contribution in [3.05, 3.63) is 28.6 Å². The van der Waals surface area contributed by atoms with Crippen LogP contribution in [-0.4, -0.2) is 13.7 Å². The first-order chi connectivity index (χ1) is 9.82. The number of hydrogen-bond donors (Lipinski definition) is 1. The summed E-state index contributed by atoms with van der Waals surface area (Å²) in [7, 11) is 1.73. The van der Waals surface area contributed by atoms with Crippen molar-refractivity contribution in [1.82, 2.24) is 5.32 Å². The number of thiophene rings is 1. The molecule has 2 aromatic rings. The van der Waals surface area contributed by atoms with Crippen LogP contribution in [0.15, 0.2) is 18.2 Å². The van der Waals surface area contributed by atoms with Crippen LogP contribution < -0.4 is 10.1 Å². The molecule has 0 spiro atoms. The van der Waals surface area contributed by atoms with Crippen molar-refractivity contribution in [3.8, 4) is 5.75 Å². The van der Waals surface area contributed by atoms with E-state index in [9.17, 15) is 0 Å². The van der Waals surface area contributed by atoms with Gasteiger partial charge in [0.25, 0.3) is 0 Å². The molecule has 0 aliphatic rings. The van der Waals surface area contributed by atoms with E-state index in [-0.39, 0.29) is 5.41 Å². The molecule has 0 unspecified atom stereocenters. The SMILES string of the molecule is COc1ccc2c(C(C)(C)C)c(CNCC(C)C)sc2c1. The molecule has 116 valence electrons. The third-order valence-corrected chi connectivity index (χ3v) is 4.71. The van der Waals surface area contributed by atoms with Gasteiger partial charge in [-0.2, -0.15) is 0 Å². The maximum Gasteiger partial charge on any atom is 0.120 e. The number of hydrogen-bond acceptors (Lipinski definition) is 3. The molecule has 0 radical (unpaired) electrons. The third kappa shape index (κ3) is 3.78. The molecule has 0 saturated heterocycles. The van der Waals surface area contributed by atoms with Gasteiger partial charge in [-0.3, -0.25) is 0 Å². The van der Waals surface area contributed by atoms with Crippen molar-refractivity contribution in [2.24, 2.45) is 5.92 Å². The summed E-state index contributed by atoms with van der Waals surface area (Å²) in [4.78, 5) is 1.45. The molecule has 0 bridgehead atoms. The zero-order valence-electron chi connectivity index (χ0n) is 14.0. The molecule has 1 aromatic carbocycles. The quantitative estimate of drug-likeness (QED) is 0.843. The molecular formula is C18H27NOS. The van der Waals surface area contributed by atoms with Gasteiger partial charge in [-0.1, -0.05) is 34.6 Å². The van der Waals surface area contributed by atoms with Gasteiger partial charge in [0.15, 0.2) is 0 Å². The molecule has 0 saturated carbocycles. The lowest BCUT2D eigenvalue weighted by atomic mass is 9.85. The molecular weight excluding hydrogens is 278 g/mol. The molecule has 1 heterocycles. The Labute approximate surface area is 132 Å². The van der Waals surface area contributed by atoms with E-state index in [0.29, 0.717) is 5.92 Å². The molecule has 0 aliphatic carbocycles. The van der Waals surface area contributed by atoms with Gasteiger partial charge in [0.05, 0.1) is 7.11 Å². The number of nitrogens with one attached hydrogen (secondary N) is 1. The molecule has 0 fully saturated rings. The Kier molecular flexibility index (Phi) is 4.95. The average Bonchev–Trinajstić information content (AvgIpc) is 2.74. The predicted molar refractivity (Wildman–Crippen MR) is 93.6 cm³/mol. The van der Waals surface area contributed by atoms with Gasteiger partial charge in [-0.05, 0) is 47.0 Å². The van der Waals surface area contributed by atoms with Crippen LogP contribution in [0.2, 0.25) is 0 Å². The smallest absolute Gasteiger partial charge is 0.120 e. The summed E-state index contributed by atoms with van der Waals surface area (Å²) < 4.78 is 6.68. The molecule has 0 atom stereocenters. The van der Waals surface area contributed by atoms with Gasteiger partial charge < -0.3 is 10.1 Å². The van der Waals surface area contributed by atoms with Gasteiger partial charge in [0, 0.05) is 16.1 Å². The van der Waals surface area contributed by atoms with Crippen molar-refractivity contribution in [3.63, 3.8) is 0 Å². The Morgan fingerprint density at radius 3 is 2.52 bits per heavy atom. The second-order valence-electron chi connectivity index (χ2n) is 7.04. The second-order valence-corrected chi connectivity index (χ2v) is 8.17. The lowest BCUT2D eigenvalue weighted by Gasteiger charge is -2.21. The van der Waals surface area contributed by atoms with E-state index >= 15 is 0 Å². The highest BCUT2D eigenvalue weighted by atomic mass is 32.1. The summed E-state index contributed by atoms with van der Waals surface area (Å²) in [5.74, 6) is 1.61. The number of methoxy groups -OCH3 is 1. The minimum Gasteiger partial charge on any atom is -0.497 e. The lowest BCUT2D eigenvalue weighted by molar-refractivity contribution is 0.415. The summed E-state index contributed by atoms with van der Waals surface area (Å²) >= 11 is 1.89. The van der Waals surface area contributed by atoms with Gasteiger partial charge >= 0.3 is 0 Å². The minimum atomic E-state index is 0.154. The lowest BCUT2D eigenvalue weighted by Crippen LogP contribution is -2.21. The zero-order chi connectivity index (χ0) is 15.6. The first-order valence-corrected chi connectivity index (χ1v) is 8.45. The summed E-state index contributed by atoms with van der Waals surface area (Å²) in [6, 6.07) is 6.42. The van der Waals surface area contributed by atoms with Gasteiger partial charge in [0.1, 0.15) is 5.75 Å². The zero-order valence-corrected chi connectivity index (χ0v) is 14.9. The Bertz CT molecular complexity index is 607. The van der Waals surface area contributed by atoms with Crippen molar-refractivity contribution in [2.45, 2.75) is 46.6 Å². The van der Waals surface area contributed by atoms with E-state index < -0.39 is 0 Å². The van der Waals surface area contributed by atoms with Crippen LogP contribution in [0.5, 0.6) is 5.75 Å². The third-order valence-electron chi connectivity index (χ3n) is 3.56. The fourth-order valence-electron chi connectivity index (χ4n) is 2.68. The summed E-state index contributed by atoms with van der Waals surface area (Å²) in [5, 5.41) is 4.95.